The first kappa shape index (κ1) is 8.63. The summed E-state index contributed by atoms with van der Waals surface area (Å²) in [5.74, 6) is 0.125. The van der Waals surface area contributed by atoms with Crippen molar-refractivity contribution in [2.24, 2.45) is 5.92 Å². The van der Waals surface area contributed by atoms with Gasteiger partial charge in [-0.3, -0.25) is 0 Å². The van der Waals surface area contributed by atoms with E-state index >= 15 is 0 Å². The molecule has 2 unspecified atom stereocenters. The fourth-order valence-corrected chi connectivity index (χ4v) is 0.675. The summed E-state index contributed by atoms with van der Waals surface area (Å²) in [6.45, 7) is 3.85. The summed E-state index contributed by atoms with van der Waals surface area (Å²) >= 11 is 0. The molecule has 0 aliphatic heterocycles. The number of rotatable bonds is 4. The molecule has 54 valence electrons. The second kappa shape index (κ2) is 4.50. The van der Waals surface area contributed by atoms with E-state index in [1.54, 1.807) is 7.11 Å². The van der Waals surface area contributed by atoms with Gasteiger partial charge in [0.25, 0.3) is 0 Å². The minimum Gasteiger partial charge on any atom is -0.382 e. The maximum Gasteiger partial charge on any atom is 0.122 e. The lowest BCUT2D eigenvalue weighted by molar-refractivity contribution is -0.111. The van der Waals surface area contributed by atoms with E-state index in [0.717, 1.165) is 12.7 Å². The average Bonchev–Trinajstić information content (AvgIpc) is 1.87. The number of hydrogen-bond acceptors (Lipinski definition) is 2. The lowest BCUT2D eigenvalue weighted by Gasteiger charge is -2.09. The van der Waals surface area contributed by atoms with Gasteiger partial charge in [-0.25, -0.2) is 0 Å². The molecule has 0 saturated carbocycles. The molecule has 9 heavy (non-hydrogen) atoms. The topological polar surface area (TPSA) is 26.3 Å². The third kappa shape index (κ3) is 4.15. The largest absolute Gasteiger partial charge is 0.382 e. The number of carbonyl (C=O) groups excluding carboxylic acids is 1. The molecular formula is C7H14O2. The quantitative estimate of drug-likeness (QED) is 0.535. The molecular weight excluding hydrogens is 116 g/mol. The van der Waals surface area contributed by atoms with Crippen LogP contribution in [-0.4, -0.2) is 19.5 Å². The van der Waals surface area contributed by atoms with Gasteiger partial charge in [-0.15, -0.1) is 0 Å². The van der Waals surface area contributed by atoms with E-state index in [1.807, 2.05) is 13.8 Å². The monoisotopic (exact) mass is 130 g/mol. The fraction of sp³-hybridized carbons (Fsp3) is 0.857. The molecule has 0 bridgehead atoms. The first-order valence-electron chi connectivity index (χ1n) is 3.18. The zero-order valence-electron chi connectivity index (χ0n) is 6.26. The van der Waals surface area contributed by atoms with Crippen molar-refractivity contribution in [1.82, 2.24) is 0 Å². The van der Waals surface area contributed by atoms with Crippen LogP contribution in [0, 0.1) is 5.92 Å². The van der Waals surface area contributed by atoms with Gasteiger partial charge >= 0.3 is 0 Å². The minimum atomic E-state index is 0.125. The van der Waals surface area contributed by atoms with E-state index in [4.69, 9.17) is 4.74 Å². The molecule has 0 heterocycles. The van der Waals surface area contributed by atoms with Crippen LogP contribution in [0.5, 0.6) is 0 Å². The van der Waals surface area contributed by atoms with Crippen molar-refractivity contribution >= 4 is 6.29 Å². The number of ether oxygens (including phenoxy) is 1. The summed E-state index contributed by atoms with van der Waals surface area (Å²) in [5.41, 5.74) is 0. The molecule has 0 aromatic rings. The molecule has 0 aromatic heterocycles. The van der Waals surface area contributed by atoms with Gasteiger partial charge in [0.15, 0.2) is 0 Å². The predicted molar refractivity (Wildman–Crippen MR) is 36.3 cm³/mol. The van der Waals surface area contributed by atoms with Gasteiger partial charge in [0.1, 0.15) is 6.29 Å². The van der Waals surface area contributed by atoms with Crippen LogP contribution in [0.1, 0.15) is 20.3 Å². The Morgan fingerprint density at radius 3 is 2.44 bits per heavy atom. The van der Waals surface area contributed by atoms with Crippen LogP contribution in [0.4, 0.5) is 0 Å². The highest BCUT2D eigenvalue weighted by Crippen LogP contribution is 2.04. The molecule has 0 aliphatic rings. The van der Waals surface area contributed by atoms with E-state index in [0.29, 0.717) is 0 Å². The van der Waals surface area contributed by atoms with Crippen LogP contribution in [0.2, 0.25) is 0 Å². The Labute approximate surface area is 56.2 Å². The zero-order valence-corrected chi connectivity index (χ0v) is 6.26. The molecule has 0 aromatic carbocycles. The van der Waals surface area contributed by atoms with Gasteiger partial charge in [-0.1, -0.05) is 6.92 Å². The molecule has 0 saturated heterocycles. The number of carbonyl (C=O) groups is 1. The van der Waals surface area contributed by atoms with Crippen molar-refractivity contribution in [3.8, 4) is 0 Å². The summed E-state index contributed by atoms with van der Waals surface area (Å²) < 4.78 is 4.96. The Morgan fingerprint density at radius 1 is 1.56 bits per heavy atom. The molecule has 2 nitrogen and oxygen atoms in total. The van der Waals surface area contributed by atoms with Crippen molar-refractivity contribution < 1.29 is 9.53 Å². The van der Waals surface area contributed by atoms with Gasteiger partial charge in [-0.05, 0) is 13.3 Å². The summed E-state index contributed by atoms with van der Waals surface area (Å²) in [6, 6.07) is 0. The van der Waals surface area contributed by atoms with Crippen LogP contribution >= 0.6 is 0 Å². The minimum absolute atomic E-state index is 0.125. The van der Waals surface area contributed by atoms with Crippen molar-refractivity contribution in [3.63, 3.8) is 0 Å². The van der Waals surface area contributed by atoms with Crippen LogP contribution in [0.3, 0.4) is 0 Å². The van der Waals surface area contributed by atoms with Gasteiger partial charge in [0, 0.05) is 13.0 Å². The highest BCUT2D eigenvalue weighted by Gasteiger charge is 2.04. The predicted octanol–water partition coefficient (Wildman–Crippen LogP) is 1.25. The lowest BCUT2D eigenvalue weighted by Crippen LogP contribution is -2.10. The van der Waals surface area contributed by atoms with E-state index < -0.39 is 0 Å². The fourth-order valence-electron chi connectivity index (χ4n) is 0.675. The standard InChI is InChI=1S/C7H14O2/c1-6(5-8)4-7(2)9-3/h5-7H,4H2,1-3H3. The molecule has 0 amide bonds. The normalized spacial score (nSPS) is 16.8. The molecule has 0 fully saturated rings. The second-order valence-electron chi connectivity index (χ2n) is 2.40. The molecule has 2 heteroatoms. The Hall–Kier alpha value is -0.370. The van der Waals surface area contributed by atoms with E-state index in [1.165, 1.54) is 0 Å². The van der Waals surface area contributed by atoms with Crippen molar-refractivity contribution in [2.45, 2.75) is 26.4 Å². The van der Waals surface area contributed by atoms with Gasteiger partial charge in [0.2, 0.25) is 0 Å². The smallest absolute Gasteiger partial charge is 0.122 e. The third-order valence-corrected chi connectivity index (χ3v) is 1.34. The summed E-state index contributed by atoms with van der Waals surface area (Å²) in [4.78, 5) is 10.1. The van der Waals surface area contributed by atoms with Crippen LogP contribution < -0.4 is 0 Å². The van der Waals surface area contributed by atoms with Crippen LogP contribution in [-0.2, 0) is 9.53 Å². The number of aldehydes is 1. The maximum absolute atomic E-state index is 10.1. The van der Waals surface area contributed by atoms with E-state index in [-0.39, 0.29) is 12.0 Å². The second-order valence-corrected chi connectivity index (χ2v) is 2.40. The van der Waals surface area contributed by atoms with E-state index in [9.17, 15) is 4.79 Å². The number of methoxy groups -OCH3 is 1. The Balaban J connectivity index is 3.33. The van der Waals surface area contributed by atoms with Gasteiger partial charge < -0.3 is 9.53 Å². The Morgan fingerprint density at radius 2 is 2.11 bits per heavy atom. The lowest BCUT2D eigenvalue weighted by atomic mass is 10.1. The van der Waals surface area contributed by atoms with Crippen molar-refractivity contribution in [3.05, 3.63) is 0 Å². The van der Waals surface area contributed by atoms with Crippen LogP contribution in [0.25, 0.3) is 0 Å². The molecule has 2 atom stereocenters. The highest BCUT2D eigenvalue weighted by molar-refractivity contribution is 5.52. The highest BCUT2D eigenvalue weighted by atomic mass is 16.5. The molecule has 0 rings (SSSR count). The zero-order chi connectivity index (χ0) is 7.28. The average molecular weight is 130 g/mol. The van der Waals surface area contributed by atoms with Crippen LogP contribution in [0.15, 0.2) is 0 Å². The number of hydrogen-bond donors (Lipinski definition) is 0. The molecule has 0 N–H and O–H groups in total. The Kier molecular flexibility index (Phi) is 4.32. The van der Waals surface area contributed by atoms with Gasteiger partial charge in [-0.2, -0.15) is 0 Å². The molecule has 0 aliphatic carbocycles. The molecule has 0 radical (unpaired) electrons. The third-order valence-electron chi connectivity index (χ3n) is 1.34. The molecule has 0 spiro atoms. The Bertz CT molecular complexity index is 81.0. The van der Waals surface area contributed by atoms with Crippen molar-refractivity contribution in [2.75, 3.05) is 7.11 Å². The van der Waals surface area contributed by atoms with E-state index in [2.05, 4.69) is 0 Å². The first-order valence-corrected chi connectivity index (χ1v) is 3.18. The SMILES string of the molecule is COC(C)CC(C)C=O. The summed E-state index contributed by atoms with van der Waals surface area (Å²) in [5, 5.41) is 0. The summed E-state index contributed by atoms with van der Waals surface area (Å²) in [7, 11) is 1.65. The maximum atomic E-state index is 10.1. The van der Waals surface area contributed by atoms with Gasteiger partial charge in [0.05, 0.1) is 6.10 Å². The summed E-state index contributed by atoms with van der Waals surface area (Å²) in [6.07, 6.45) is 1.97. The first-order chi connectivity index (χ1) is 4.20. The van der Waals surface area contributed by atoms with Crippen molar-refractivity contribution in [1.29, 1.82) is 0 Å².